The van der Waals surface area contributed by atoms with Crippen LogP contribution in [0.1, 0.15) is 50.6 Å². The summed E-state index contributed by atoms with van der Waals surface area (Å²) in [5, 5.41) is 7.23. The van der Waals surface area contributed by atoms with Gasteiger partial charge in [-0.2, -0.15) is 5.10 Å². The second kappa shape index (κ2) is 10.1. The number of hydrogen-bond acceptors (Lipinski definition) is 6. The lowest BCUT2D eigenvalue weighted by Gasteiger charge is -2.26. The average Bonchev–Trinajstić information content (AvgIpc) is 3.16. The topological polar surface area (TPSA) is 96.2 Å². The molecule has 0 bridgehead atoms. The van der Waals surface area contributed by atoms with Gasteiger partial charge in [0.2, 0.25) is 0 Å². The van der Waals surface area contributed by atoms with Crippen molar-refractivity contribution in [2.45, 2.75) is 26.2 Å². The van der Waals surface area contributed by atoms with Crippen LogP contribution < -0.4 is 10.7 Å². The van der Waals surface area contributed by atoms with Gasteiger partial charge in [0.05, 0.1) is 18.9 Å². The SMILES string of the molecule is Cc1c(C(=O)NCCN2CCOCC2)oc2c1/C(=N/NC(=O)c1ccc(F)cc1)CCC2. The monoisotopic (exact) mass is 442 g/mol. The first-order valence-electron chi connectivity index (χ1n) is 10.9. The lowest BCUT2D eigenvalue weighted by Crippen LogP contribution is -2.41. The molecule has 0 atom stereocenters. The van der Waals surface area contributed by atoms with Gasteiger partial charge in [0.15, 0.2) is 5.76 Å². The summed E-state index contributed by atoms with van der Waals surface area (Å²) in [7, 11) is 0. The van der Waals surface area contributed by atoms with E-state index in [0.717, 1.165) is 50.4 Å². The molecule has 8 nitrogen and oxygen atoms in total. The first kappa shape index (κ1) is 22.2. The molecule has 2 aromatic rings. The number of nitrogens with one attached hydrogen (secondary N) is 2. The standard InChI is InChI=1S/C23H27FN4O4/c1-15-20-18(26-27-22(29)16-5-7-17(24)8-6-16)3-2-4-19(20)32-21(15)23(30)25-9-10-28-11-13-31-14-12-28/h5-8H,2-4,9-14H2,1H3,(H,25,30)(H,27,29)/b26-18+. The van der Waals surface area contributed by atoms with E-state index in [1.165, 1.54) is 24.3 Å². The number of fused-ring (bicyclic) bond motifs is 1. The van der Waals surface area contributed by atoms with Gasteiger partial charge in [-0.3, -0.25) is 14.5 Å². The normalized spacial score (nSPS) is 17.8. The highest BCUT2D eigenvalue weighted by Crippen LogP contribution is 2.29. The Balaban J connectivity index is 1.42. The minimum atomic E-state index is -0.424. The van der Waals surface area contributed by atoms with Crippen LogP contribution in [0.3, 0.4) is 0 Å². The summed E-state index contributed by atoms with van der Waals surface area (Å²) in [6.07, 6.45) is 2.18. The Bertz CT molecular complexity index is 1010. The largest absolute Gasteiger partial charge is 0.455 e. The summed E-state index contributed by atoms with van der Waals surface area (Å²) in [5.74, 6) is -0.0837. The number of halogens is 1. The third-order valence-electron chi connectivity index (χ3n) is 5.75. The number of benzene rings is 1. The Morgan fingerprint density at radius 2 is 1.88 bits per heavy atom. The highest BCUT2D eigenvalue weighted by atomic mass is 19.1. The van der Waals surface area contributed by atoms with Crippen LogP contribution in [0.15, 0.2) is 33.8 Å². The fraction of sp³-hybridized carbons (Fsp3) is 0.435. The van der Waals surface area contributed by atoms with Crippen molar-refractivity contribution in [1.82, 2.24) is 15.6 Å². The summed E-state index contributed by atoms with van der Waals surface area (Å²) in [5.41, 5.74) is 5.03. The number of carbonyl (C=O) groups is 2. The molecule has 1 saturated heterocycles. The Hall–Kier alpha value is -3.04. The number of carbonyl (C=O) groups excluding carboxylic acids is 2. The third-order valence-corrected chi connectivity index (χ3v) is 5.75. The fourth-order valence-electron chi connectivity index (χ4n) is 4.01. The molecule has 4 rings (SSSR count). The highest BCUT2D eigenvalue weighted by Gasteiger charge is 2.28. The van der Waals surface area contributed by atoms with Gasteiger partial charge in [0.1, 0.15) is 11.6 Å². The average molecular weight is 442 g/mol. The molecule has 1 aromatic carbocycles. The highest BCUT2D eigenvalue weighted by molar-refractivity contribution is 6.07. The van der Waals surface area contributed by atoms with E-state index >= 15 is 0 Å². The first-order chi connectivity index (χ1) is 15.5. The van der Waals surface area contributed by atoms with Crippen LogP contribution in [0.5, 0.6) is 0 Å². The van der Waals surface area contributed by atoms with Crippen LogP contribution in [-0.4, -0.2) is 61.8 Å². The maximum absolute atomic E-state index is 13.1. The van der Waals surface area contributed by atoms with Crippen molar-refractivity contribution in [3.8, 4) is 0 Å². The molecule has 0 radical (unpaired) electrons. The molecule has 1 fully saturated rings. The first-order valence-corrected chi connectivity index (χ1v) is 10.9. The number of hydrogen-bond donors (Lipinski definition) is 2. The molecule has 0 spiro atoms. The van der Waals surface area contributed by atoms with Crippen LogP contribution in [0.25, 0.3) is 0 Å². The molecular formula is C23H27FN4O4. The number of morpholine rings is 1. The van der Waals surface area contributed by atoms with E-state index in [9.17, 15) is 14.0 Å². The number of amides is 2. The van der Waals surface area contributed by atoms with E-state index in [1.807, 2.05) is 6.92 Å². The summed E-state index contributed by atoms with van der Waals surface area (Å²) >= 11 is 0. The maximum Gasteiger partial charge on any atom is 0.287 e. The van der Waals surface area contributed by atoms with Crippen LogP contribution >= 0.6 is 0 Å². The molecule has 0 saturated carbocycles. The quantitative estimate of drug-likeness (QED) is 0.669. The minimum Gasteiger partial charge on any atom is -0.455 e. The minimum absolute atomic E-state index is 0.250. The van der Waals surface area contributed by atoms with Crippen LogP contribution in [0.4, 0.5) is 4.39 Å². The van der Waals surface area contributed by atoms with Crippen LogP contribution in [0, 0.1) is 12.7 Å². The van der Waals surface area contributed by atoms with E-state index in [1.54, 1.807) is 0 Å². The molecule has 1 aliphatic heterocycles. The number of ether oxygens (including phenoxy) is 1. The van der Waals surface area contributed by atoms with Crippen molar-refractivity contribution in [3.63, 3.8) is 0 Å². The predicted octanol–water partition coefficient (Wildman–Crippen LogP) is 2.26. The molecule has 2 N–H and O–H groups in total. The molecule has 1 aromatic heterocycles. The zero-order chi connectivity index (χ0) is 22.5. The van der Waals surface area contributed by atoms with E-state index in [-0.39, 0.29) is 11.7 Å². The van der Waals surface area contributed by atoms with Gasteiger partial charge in [-0.25, -0.2) is 9.82 Å². The molecular weight excluding hydrogens is 415 g/mol. The van der Waals surface area contributed by atoms with Gasteiger partial charge in [-0.05, 0) is 44.0 Å². The lowest BCUT2D eigenvalue weighted by molar-refractivity contribution is 0.0382. The summed E-state index contributed by atoms with van der Waals surface area (Å²) in [6, 6.07) is 5.26. The van der Waals surface area contributed by atoms with Crippen LogP contribution in [0.2, 0.25) is 0 Å². The summed E-state index contributed by atoms with van der Waals surface area (Å²) in [4.78, 5) is 27.3. The summed E-state index contributed by atoms with van der Waals surface area (Å²) < 4.78 is 24.3. The van der Waals surface area contributed by atoms with Gasteiger partial charge in [-0.15, -0.1) is 0 Å². The van der Waals surface area contributed by atoms with Crippen molar-refractivity contribution < 1.29 is 23.1 Å². The van der Waals surface area contributed by atoms with Gasteiger partial charge in [0, 0.05) is 49.3 Å². The molecule has 32 heavy (non-hydrogen) atoms. The van der Waals surface area contributed by atoms with E-state index in [4.69, 9.17) is 9.15 Å². The predicted molar refractivity (Wildman–Crippen MR) is 116 cm³/mol. The van der Waals surface area contributed by atoms with Gasteiger partial charge in [-0.1, -0.05) is 0 Å². The summed E-state index contributed by atoms with van der Waals surface area (Å²) in [6.45, 7) is 6.30. The zero-order valence-corrected chi connectivity index (χ0v) is 18.1. The van der Waals surface area contributed by atoms with Crippen molar-refractivity contribution >= 4 is 17.5 Å². The molecule has 2 heterocycles. The number of hydrazone groups is 1. The smallest absolute Gasteiger partial charge is 0.287 e. The van der Waals surface area contributed by atoms with E-state index in [2.05, 4.69) is 20.7 Å². The van der Waals surface area contributed by atoms with Gasteiger partial charge in [0.25, 0.3) is 11.8 Å². The Kier molecular flexibility index (Phi) is 6.96. The van der Waals surface area contributed by atoms with Crippen molar-refractivity contribution in [1.29, 1.82) is 0 Å². The molecule has 9 heteroatoms. The second-order valence-corrected chi connectivity index (χ2v) is 7.92. The number of nitrogens with zero attached hydrogens (tertiary/aromatic N) is 2. The molecule has 1 aliphatic carbocycles. The Morgan fingerprint density at radius 1 is 1.12 bits per heavy atom. The second-order valence-electron chi connectivity index (χ2n) is 7.92. The van der Waals surface area contributed by atoms with E-state index in [0.29, 0.717) is 36.4 Å². The maximum atomic E-state index is 13.1. The molecule has 2 amide bonds. The van der Waals surface area contributed by atoms with E-state index < -0.39 is 11.7 Å². The number of furan rings is 1. The van der Waals surface area contributed by atoms with Crippen molar-refractivity contribution in [2.24, 2.45) is 5.10 Å². The molecule has 2 aliphatic rings. The molecule has 0 unspecified atom stereocenters. The number of rotatable bonds is 6. The fourth-order valence-corrected chi connectivity index (χ4v) is 4.01. The Morgan fingerprint density at radius 3 is 2.62 bits per heavy atom. The lowest BCUT2D eigenvalue weighted by atomic mass is 9.93. The Labute approximate surface area is 185 Å². The van der Waals surface area contributed by atoms with Gasteiger partial charge < -0.3 is 14.5 Å². The van der Waals surface area contributed by atoms with Gasteiger partial charge >= 0.3 is 0 Å². The molecule has 170 valence electrons. The third kappa shape index (κ3) is 5.05. The van der Waals surface area contributed by atoms with Crippen molar-refractivity contribution in [2.75, 3.05) is 39.4 Å². The zero-order valence-electron chi connectivity index (χ0n) is 18.1. The van der Waals surface area contributed by atoms with Crippen molar-refractivity contribution in [3.05, 3.63) is 58.3 Å². The number of aryl methyl sites for hydroxylation is 1. The van der Waals surface area contributed by atoms with Crippen LogP contribution in [-0.2, 0) is 11.2 Å².